The smallest absolute Gasteiger partial charge is 0.324 e. The first kappa shape index (κ1) is 15.0. The molecule has 1 saturated heterocycles. The largest absolute Gasteiger partial charge is 0.350 e. The van der Waals surface area contributed by atoms with E-state index in [4.69, 9.17) is 0 Å². The highest BCUT2D eigenvalue weighted by Gasteiger charge is 2.37. The van der Waals surface area contributed by atoms with Crippen molar-refractivity contribution in [2.24, 2.45) is 7.05 Å². The van der Waals surface area contributed by atoms with E-state index in [-0.39, 0.29) is 11.9 Å². The number of urea groups is 1. The molecule has 0 bridgehead atoms. The monoisotopic (exact) mass is 317 g/mol. The zero-order valence-corrected chi connectivity index (χ0v) is 13.5. The molecule has 3 rings (SSSR count). The Kier molecular flexibility index (Phi) is 4.11. The molecule has 1 atom stereocenters. The van der Waals surface area contributed by atoms with Crippen LogP contribution in [0.4, 0.5) is 4.79 Å². The summed E-state index contributed by atoms with van der Waals surface area (Å²) in [5.41, 5.74) is 2.22. The number of para-hydroxylation sites is 1. The van der Waals surface area contributed by atoms with E-state index in [0.29, 0.717) is 13.0 Å². The molecule has 1 N–H and O–H groups in total. The minimum Gasteiger partial charge on any atom is -0.350 e. The lowest BCUT2D eigenvalue weighted by Crippen LogP contribution is -2.34. The van der Waals surface area contributed by atoms with Crippen molar-refractivity contribution >= 4 is 34.6 Å². The van der Waals surface area contributed by atoms with Gasteiger partial charge in [0.25, 0.3) is 5.91 Å². The lowest BCUT2D eigenvalue weighted by molar-refractivity contribution is -0.127. The van der Waals surface area contributed by atoms with E-state index in [9.17, 15) is 9.59 Å². The van der Waals surface area contributed by atoms with Gasteiger partial charge < -0.3 is 9.88 Å². The highest BCUT2D eigenvalue weighted by Crippen LogP contribution is 2.23. The van der Waals surface area contributed by atoms with Gasteiger partial charge >= 0.3 is 6.03 Å². The van der Waals surface area contributed by atoms with Gasteiger partial charge in [-0.1, -0.05) is 18.2 Å². The van der Waals surface area contributed by atoms with Crippen molar-refractivity contribution in [2.75, 3.05) is 18.6 Å². The average Bonchev–Trinajstić information content (AvgIpc) is 2.96. The van der Waals surface area contributed by atoms with E-state index in [1.54, 1.807) is 11.8 Å². The molecule has 0 saturated carbocycles. The number of amides is 3. The minimum absolute atomic E-state index is 0.119. The van der Waals surface area contributed by atoms with Crippen LogP contribution in [-0.4, -0.2) is 46.0 Å². The maximum Gasteiger partial charge on any atom is 0.324 e. The summed E-state index contributed by atoms with van der Waals surface area (Å²) < 4.78 is 2.05. The molecule has 22 heavy (non-hydrogen) atoms. The molecule has 5 nitrogen and oxygen atoms in total. The van der Waals surface area contributed by atoms with Crippen molar-refractivity contribution < 1.29 is 9.59 Å². The first-order valence-electron chi connectivity index (χ1n) is 7.25. The van der Waals surface area contributed by atoms with E-state index < -0.39 is 6.04 Å². The fraction of sp³-hybridized carbons (Fsp3) is 0.375. The van der Waals surface area contributed by atoms with Gasteiger partial charge in [-0.3, -0.25) is 9.69 Å². The number of hydrogen-bond acceptors (Lipinski definition) is 3. The Balaban J connectivity index is 1.81. The fourth-order valence-electron chi connectivity index (χ4n) is 2.92. The van der Waals surface area contributed by atoms with Gasteiger partial charge in [0.05, 0.1) is 0 Å². The average molecular weight is 317 g/mol. The molecule has 0 aliphatic carbocycles. The molecule has 1 unspecified atom stereocenters. The third kappa shape index (κ3) is 2.59. The van der Waals surface area contributed by atoms with Crippen molar-refractivity contribution in [1.29, 1.82) is 0 Å². The Labute approximate surface area is 133 Å². The van der Waals surface area contributed by atoms with Gasteiger partial charge in [0.15, 0.2) is 0 Å². The zero-order chi connectivity index (χ0) is 15.7. The molecule has 1 aliphatic rings. The van der Waals surface area contributed by atoms with Crippen LogP contribution >= 0.6 is 11.8 Å². The van der Waals surface area contributed by atoms with Gasteiger partial charge in [-0.2, -0.15) is 11.8 Å². The molecule has 1 aromatic heterocycles. The highest BCUT2D eigenvalue weighted by atomic mass is 32.2. The molecular weight excluding hydrogens is 298 g/mol. The zero-order valence-electron chi connectivity index (χ0n) is 12.7. The molecule has 6 heteroatoms. The number of imide groups is 1. The Hall–Kier alpha value is -1.95. The van der Waals surface area contributed by atoms with Crippen LogP contribution in [0.25, 0.3) is 10.9 Å². The van der Waals surface area contributed by atoms with Crippen LogP contribution in [-0.2, 0) is 18.3 Å². The van der Waals surface area contributed by atoms with Gasteiger partial charge in [0.2, 0.25) is 0 Å². The van der Waals surface area contributed by atoms with E-state index in [2.05, 4.69) is 22.0 Å². The van der Waals surface area contributed by atoms with Gasteiger partial charge in [-0.15, -0.1) is 0 Å². The molecular formula is C16H19N3O2S. The van der Waals surface area contributed by atoms with Gasteiger partial charge in [-0.25, -0.2) is 4.79 Å². The van der Waals surface area contributed by atoms with Crippen LogP contribution in [0.1, 0.15) is 5.56 Å². The Morgan fingerprint density at radius 3 is 2.82 bits per heavy atom. The molecule has 3 amide bonds. The summed E-state index contributed by atoms with van der Waals surface area (Å²) >= 11 is 1.63. The van der Waals surface area contributed by atoms with Crippen LogP contribution in [0, 0.1) is 0 Å². The lowest BCUT2D eigenvalue weighted by Gasteiger charge is -2.11. The second-order valence-corrected chi connectivity index (χ2v) is 6.46. The number of carbonyl (C=O) groups excluding carboxylic acids is 2. The first-order chi connectivity index (χ1) is 10.6. The Bertz CT molecular complexity index is 725. The molecule has 0 spiro atoms. The van der Waals surface area contributed by atoms with Crippen molar-refractivity contribution in [2.45, 2.75) is 12.5 Å². The summed E-state index contributed by atoms with van der Waals surface area (Å²) in [5.74, 6) is 0.646. The van der Waals surface area contributed by atoms with Crippen molar-refractivity contribution in [1.82, 2.24) is 14.8 Å². The third-order valence-electron chi connectivity index (χ3n) is 4.03. The number of aryl methyl sites for hydroxylation is 1. The second-order valence-electron chi connectivity index (χ2n) is 5.47. The molecule has 1 aromatic carbocycles. The fourth-order valence-corrected chi connectivity index (χ4v) is 3.28. The topological polar surface area (TPSA) is 54.3 Å². The summed E-state index contributed by atoms with van der Waals surface area (Å²) in [6.45, 7) is 0.470. The number of fused-ring (bicyclic) bond motifs is 1. The number of benzene rings is 1. The molecule has 116 valence electrons. The van der Waals surface area contributed by atoms with Crippen molar-refractivity contribution in [3.8, 4) is 0 Å². The summed E-state index contributed by atoms with van der Waals surface area (Å²) in [5, 5.41) is 3.94. The number of nitrogens with zero attached hydrogens (tertiary/aromatic N) is 2. The van der Waals surface area contributed by atoms with Crippen LogP contribution < -0.4 is 5.32 Å². The van der Waals surface area contributed by atoms with Crippen LogP contribution in [0.3, 0.4) is 0 Å². The van der Waals surface area contributed by atoms with Crippen LogP contribution in [0.15, 0.2) is 30.5 Å². The Morgan fingerprint density at radius 2 is 2.05 bits per heavy atom. The quantitative estimate of drug-likeness (QED) is 0.858. The molecule has 2 aromatic rings. The first-order valence-corrected chi connectivity index (χ1v) is 8.65. The maximum absolute atomic E-state index is 12.4. The number of thioether (sulfide) groups is 1. The standard InChI is InChI=1S/C16H19N3O2S/c1-18-10-11(12-5-3-4-6-14(12)18)9-13-15(20)19(7-8-22-2)16(21)17-13/h3-6,10,13H,7-9H2,1-2H3,(H,17,21). The summed E-state index contributed by atoms with van der Waals surface area (Å²) in [6.07, 6.45) is 4.53. The second kappa shape index (κ2) is 6.04. The highest BCUT2D eigenvalue weighted by molar-refractivity contribution is 7.98. The molecule has 1 aliphatic heterocycles. The number of aromatic nitrogens is 1. The predicted octanol–water partition coefficient (Wildman–Crippen LogP) is 2.00. The SMILES string of the molecule is CSCCN1C(=O)NC(Cc2cn(C)c3ccccc23)C1=O. The van der Waals surface area contributed by atoms with Gasteiger partial charge in [0.1, 0.15) is 6.04 Å². The van der Waals surface area contributed by atoms with E-state index in [1.165, 1.54) is 4.90 Å². The molecule has 2 heterocycles. The van der Waals surface area contributed by atoms with Crippen LogP contribution in [0.2, 0.25) is 0 Å². The van der Waals surface area contributed by atoms with Gasteiger partial charge in [-0.05, 0) is 17.9 Å². The Morgan fingerprint density at radius 1 is 1.27 bits per heavy atom. The summed E-state index contributed by atoms with van der Waals surface area (Å²) in [4.78, 5) is 25.7. The number of carbonyl (C=O) groups is 2. The number of hydrogen-bond donors (Lipinski definition) is 1. The van der Waals surface area contributed by atoms with Crippen molar-refractivity contribution in [3.63, 3.8) is 0 Å². The van der Waals surface area contributed by atoms with E-state index in [1.807, 2.05) is 31.6 Å². The normalized spacial score (nSPS) is 18.3. The summed E-state index contributed by atoms with van der Waals surface area (Å²) in [6, 6.07) is 7.37. The van der Waals surface area contributed by atoms with Crippen molar-refractivity contribution in [3.05, 3.63) is 36.0 Å². The molecule has 0 radical (unpaired) electrons. The third-order valence-corrected chi connectivity index (χ3v) is 4.62. The van der Waals surface area contributed by atoms with Crippen LogP contribution in [0.5, 0.6) is 0 Å². The predicted molar refractivity (Wildman–Crippen MR) is 89.0 cm³/mol. The lowest BCUT2D eigenvalue weighted by atomic mass is 10.1. The van der Waals surface area contributed by atoms with E-state index in [0.717, 1.165) is 22.2 Å². The number of rotatable bonds is 5. The maximum atomic E-state index is 12.4. The van der Waals surface area contributed by atoms with E-state index >= 15 is 0 Å². The molecule has 1 fully saturated rings. The van der Waals surface area contributed by atoms with Gasteiger partial charge in [0, 0.05) is 42.9 Å². The minimum atomic E-state index is -0.458. The summed E-state index contributed by atoms with van der Waals surface area (Å²) in [7, 11) is 1.99. The number of nitrogens with one attached hydrogen (secondary N) is 1.